The van der Waals surface area contributed by atoms with Crippen LogP contribution in [0, 0.1) is 6.92 Å². The Labute approximate surface area is 89.6 Å². The summed E-state index contributed by atoms with van der Waals surface area (Å²) in [7, 11) is 0. The second kappa shape index (κ2) is 4.89. The summed E-state index contributed by atoms with van der Waals surface area (Å²) in [4.78, 5) is 3.90. The van der Waals surface area contributed by atoms with Crippen LogP contribution < -0.4 is 4.74 Å². The second-order valence-electron chi connectivity index (χ2n) is 3.32. The van der Waals surface area contributed by atoms with Crippen LogP contribution in [0.2, 0.25) is 0 Å². The van der Waals surface area contributed by atoms with Gasteiger partial charge in [0.15, 0.2) is 0 Å². The van der Waals surface area contributed by atoms with Crippen LogP contribution in [0.4, 0.5) is 5.69 Å². The number of hydrogen-bond donors (Lipinski definition) is 0. The van der Waals surface area contributed by atoms with E-state index in [2.05, 4.69) is 22.4 Å². The van der Waals surface area contributed by atoms with Crippen LogP contribution in [-0.4, -0.2) is 11.3 Å². The molecule has 1 rings (SSSR count). The van der Waals surface area contributed by atoms with Crippen molar-refractivity contribution in [1.29, 1.82) is 0 Å². The molecule has 0 unspecified atom stereocenters. The van der Waals surface area contributed by atoms with Crippen LogP contribution in [0.25, 0.3) is 0 Å². The van der Waals surface area contributed by atoms with Gasteiger partial charge < -0.3 is 4.74 Å². The number of aryl methyl sites for hydroxylation is 1. The molecule has 0 amide bonds. The first-order chi connectivity index (χ1) is 6.63. The number of rotatable bonds is 3. The highest BCUT2D eigenvalue weighted by atomic mass is 32.1. The van der Waals surface area contributed by atoms with E-state index in [9.17, 15) is 0 Å². The van der Waals surface area contributed by atoms with Crippen molar-refractivity contribution in [3.8, 4) is 5.75 Å². The molecule has 2 nitrogen and oxygen atoms in total. The third kappa shape index (κ3) is 2.95. The molecule has 0 aliphatic rings. The SMILES string of the molecule is Cc1ccc(N=C=S)cc1OC(C)C. The van der Waals surface area contributed by atoms with Crippen molar-refractivity contribution in [1.82, 2.24) is 0 Å². The van der Waals surface area contributed by atoms with Gasteiger partial charge in [-0.25, -0.2) is 0 Å². The Morgan fingerprint density at radius 3 is 2.71 bits per heavy atom. The Kier molecular flexibility index (Phi) is 3.81. The quantitative estimate of drug-likeness (QED) is 0.558. The fraction of sp³-hybridized carbons (Fsp3) is 0.364. The summed E-state index contributed by atoms with van der Waals surface area (Å²) in [6.45, 7) is 5.99. The number of hydrogen-bond acceptors (Lipinski definition) is 3. The third-order valence-electron chi connectivity index (χ3n) is 1.71. The smallest absolute Gasteiger partial charge is 0.124 e. The van der Waals surface area contributed by atoms with Crippen molar-refractivity contribution >= 4 is 23.1 Å². The van der Waals surface area contributed by atoms with E-state index in [-0.39, 0.29) is 6.10 Å². The third-order valence-corrected chi connectivity index (χ3v) is 1.80. The van der Waals surface area contributed by atoms with Gasteiger partial charge in [0.2, 0.25) is 0 Å². The maximum atomic E-state index is 5.61. The summed E-state index contributed by atoms with van der Waals surface area (Å²) in [6, 6.07) is 5.72. The Morgan fingerprint density at radius 2 is 2.14 bits per heavy atom. The molecule has 0 N–H and O–H groups in total. The second-order valence-corrected chi connectivity index (χ2v) is 3.50. The molecule has 0 aromatic heterocycles. The fourth-order valence-corrected chi connectivity index (χ4v) is 1.20. The average molecular weight is 207 g/mol. The predicted molar refractivity (Wildman–Crippen MR) is 61.6 cm³/mol. The van der Waals surface area contributed by atoms with Gasteiger partial charge >= 0.3 is 0 Å². The highest BCUT2D eigenvalue weighted by Gasteiger charge is 2.02. The highest BCUT2D eigenvalue weighted by molar-refractivity contribution is 7.78. The molecular weight excluding hydrogens is 194 g/mol. The van der Waals surface area contributed by atoms with Crippen molar-refractivity contribution in [2.45, 2.75) is 26.9 Å². The fourth-order valence-electron chi connectivity index (χ4n) is 1.09. The van der Waals surface area contributed by atoms with Crippen LogP contribution >= 0.6 is 12.2 Å². The molecule has 74 valence electrons. The molecule has 0 saturated carbocycles. The van der Waals surface area contributed by atoms with Crippen LogP contribution in [0.3, 0.4) is 0 Å². The van der Waals surface area contributed by atoms with Crippen molar-refractivity contribution in [3.05, 3.63) is 23.8 Å². The molecule has 0 aliphatic carbocycles. The predicted octanol–water partition coefficient (Wildman–Crippen LogP) is 3.52. The molecule has 0 spiro atoms. The maximum Gasteiger partial charge on any atom is 0.124 e. The van der Waals surface area contributed by atoms with Gasteiger partial charge in [0.25, 0.3) is 0 Å². The Morgan fingerprint density at radius 1 is 1.43 bits per heavy atom. The zero-order chi connectivity index (χ0) is 10.6. The maximum absolute atomic E-state index is 5.61. The molecule has 0 aliphatic heterocycles. The summed E-state index contributed by atoms with van der Waals surface area (Å²) >= 11 is 4.54. The van der Waals surface area contributed by atoms with Gasteiger partial charge in [0.1, 0.15) is 5.75 Å². The van der Waals surface area contributed by atoms with Crippen molar-refractivity contribution in [2.75, 3.05) is 0 Å². The van der Waals surface area contributed by atoms with E-state index in [4.69, 9.17) is 4.74 Å². The lowest BCUT2D eigenvalue weighted by Crippen LogP contribution is -2.06. The Balaban J connectivity index is 3.01. The molecule has 0 fully saturated rings. The number of ether oxygens (including phenoxy) is 1. The van der Waals surface area contributed by atoms with Gasteiger partial charge in [-0.2, -0.15) is 4.99 Å². The van der Waals surface area contributed by atoms with Crippen LogP contribution in [-0.2, 0) is 0 Å². The zero-order valence-electron chi connectivity index (χ0n) is 8.57. The Hall–Kier alpha value is -1.18. The topological polar surface area (TPSA) is 21.6 Å². The highest BCUT2D eigenvalue weighted by Crippen LogP contribution is 2.24. The van der Waals surface area contributed by atoms with Gasteiger partial charge in [0.05, 0.1) is 17.0 Å². The van der Waals surface area contributed by atoms with E-state index < -0.39 is 0 Å². The van der Waals surface area contributed by atoms with Crippen LogP contribution in [0.15, 0.2) is 23.2 Å². The van der Waals surface area contributed by atoms with Gasteiger partial charge in [-0.3, -0.25) is 0 Å². The molecule has 14 heavy (non-hydrogen) atoms. The summed E-state index contributed by atoms with van der Waals surface area (Å²) in [5.41, 5.74) is 1.88. The Bertz CT molecular complexity index is 368. The molecule has 0 radical (unpaired) electrons. The van der Waals surface area contributed by atoms with E-state index in [1.165, 1.54) is 0 Å². The van der Waals surface area contributed by atoms with Crippen molar-refractivity contribution in [3.63, 3.8) is 0 Å². The first-order valence-corrected chi connectivity index (χ1v) is 4.89. The van der Waals surface area contributed by atoms with E-state index >= 15 is 0 Å². The first kappa shape index (κ1) is 10.9. The minimum Gasteiger partial charge on any atom is -0.491 e. The summed E-state index contributed by atoms with van der Waals surface area (Å²) in [5, 5.41) is 2.34. The zero-order valence-corrected chi connectivity index (χ0v) is 9.39. The standard InChI is InChI=1S/C11H13NOS/c1-8(2)13-11-6-10(12-7-14)5-4-9(11)3/h4-6,8H,1-3H3. The molecular formula is C11H13NOS. The monoisotopic (exact) mass is 207 g/mol. The average Bonchev–Trinajstić information content (AvgIpc) is 2.10. The molecule has 0 bridgehead atoms. The molecule has 0 atom stereocenters. The number of thiocarbonyl (C=S) groups is 1. The van der Waals surface area contributed by atoms with Crippen molar-refractivity contribution in [2.24, 2.45) is 4.99 Å². The van der Waals surface area contributed by atoms with Crippen LogP contribution in [0.5, 0.6) is 5.75 Å². The lowest BCUT2D eigenvalue weighted by molar-refractivity contribution is 0.241. The first-order valence-electron chi connectivity index (χ1n) is 4.48. The molecule has 1 aromatic carbocycles. The lowest BCUT2D eigenvalue weighted by Gasteiger charge is -2.12. The lowest BCUT2D eigenvalue weighted by atomic mass is 10.2. The number of aliphatic imine (C=N–C) groups is 1. The van der Waals surface area contributed by atoms with E-state index in [0.717, 1.165) is 17.0 Å². The van der Waals surface area contributed by atoms with Gasteiger partial charge in [-0.15, -0.1) is 0 Å². The molecule has 3 heteroatoms. The molecule has 0 saturated heterocycles. The summed E-state index contributed by atoms with van der Waals surface area (Å²) in [5.74, 6) is 0.853. The summed E-state index contributed by atoms with van der Waals surface area (Å²) in [6.07, 6.45) is 0.167. The van der Waals surface area contributed by atoms with E-state index in [1.54, 1.807) is 0 Å². The molecule has 0 heterocycles. The molecule has 1 aromatic rings. The normalized spacial score (nSPS) is 9.71. The minimum atomic E-state index is 0.167. The van der Waals surface area contributed by atoms with E-state index in [0.29, 0.717) is 0 Å². The van der Waals surface area contributed by atoms with Gasteiger partial charge in [-0.05, 0) is 44.6 Å². The van der Waals surface area contributed by atoms with Crippen molar-refractivity contribution < 1.29 is 4.74 Å². The largest absolute Gasteiger partial charge is 0.491 e. The van der Waals surface area contributed by atoms with Crippen LogP contribution in [0.1, 0.15) is 19.4 Å². The van der Waals surface area contributed by atoms with Gasteiger partial charge in [-0.1, -0.05) is 6.07 Å². The number of isothiocyanates is 1. The number of nitrogens with zero attached hydrogens (tertiary/aromatic N) is 1. The number of benzene rings is 1. The summed E-state index contributed by atoms with van der Waals surface area (Å²) < 4.78 is 5.61. The van der Waals surface area contributed by atoms with E-state index in [1.807, 2.05) is 39.0 Å². The minimum absolute atomic E-state index is 0.167. The van der Waals surface area contributed by atoms with Gasteiger partial charge in [0, 0.05) is 6.07 Å².